The van der Waals surface area contributed by atoms with Gasteiger partial charge in [-0.1, -0.05) is 6.07 Å². The summed E-state index contributed by atoms with van der Waals surface area (Å²) in [5, 5.41) is 10.8. The van der Waals surface area contributed by atoms with Gasteiger partial charge in [-0.2, -0.15) is 4.39 Å². The quantitative estimate of drug-likeness (QED) is 0.623. The molecule has 8 heteroatoms. The Kier molecular flexibility index (Phi) is 4.86. The van der Waals surface area contributed by atoms with Crippen LogP contribution in [0.4, 0.5) is 14.9 Å². The summed E-state index contributed by atoms with van der Waals surface area (Å²) in [5.74, 6) is -1.26. The third kappa shape index (κ3) is 4.06. The van der Waals surface area contributed by atoms with Crippen molar-refractivity contribution in [1.29, 1.82) is 0 Å². The van der Waals surface area contributed by atoms with Crippen LogP contribution in [-0.4, -0.2) is 33.5 Å². The maximum Gasteiger partial charge on any atom is 0.417 e. The van der Waals surface area contributed by atoms with E-state index >= 15 is 0 Å². The lowest BCUT2D eigenvalue weighted by molar-refractivity contribution is -0.387. The third-order valence-electron chi connectivity index (χ3n) is 3.59. The van der Waals surface area contributed by atoms with Crippen LogP contribution < -0.4 is 0 Å². The number of ether oxygens (including phenoxy) is 1. The minimum Gasteiger partial charge on any atom is -0.443 e. The largest absolute Gasteiger partial charge is 0.443 e. The van der Waals surface area contributed by atoms with Crippen molar-refractivity contribution in [3.8, 4) is 0 Å². The summed E-state index contributed by atoms with van der Waals surface area (Å²) in [4.78, 5) is 35.3. The van der Waals surface area contributed by atoms with E-state index in [-0.39, 0.29) is 18.7 Å². The highest BCUT2D eigenvalue weighted by Crippen LogP contribution is 2.27. The fourth-order valence-electron chi connectivity index (χ4n) is 2.60. The van der Waals surface area contributed by atoms with Gasteiger partial charge in [-0.25, -0.2) is 9.69 Å². The van der Waals surface area contributed by atoms with Gasteiger partial charge in [0.1, 0.15) is 5.60 Å². The zero-order chi connectivity index (χ0) is 18.1. The number of nitrogens with zero attached hydrogens (tertiary/aromatic N) is 2. The number of amides is 2. The molecule has 0 radical (unpaired) electrons. The van der Waals surface area contributed by atoms with Gasteiger partial charge in [0, 0.05) is 18.5 Å². The van der Waals surface area contributed by atoms with Crippen LogP contribution in [-0.2, 0) is 16.0 Å². The number of likely N-dealkylation sites (tertiary alicyclic amines) is 1. The van der Waals surface area contributed by atoms with Gasteiger partial charge < -0.3 is 4.74 Å². The highest BCUT2D eigenvalue weighted by Gasteiger charge is 2.38. The number of benzene rings is 1. The SMILES string of the molecule is CC(C)(C)OC(=O)N1C(=O)CCC1Cc1ccc(F)c([N+](=O)[O-])c1. The maximum absolute atomic E-state index is 13.4. The van der Waals surface area contributed by atoms with E-state index in [2.05, 4.69) is 0 Å². The highest BCUT2D eigenvalue weighted by atomic mass is 19.1. The van der Waals surface area contributed by atoms with E-state index in [9.17, 15) is 24.1 Å². The lowest BCUT2D eigenvalue weighted by Crippen LogP contribution is -2.43. The standard InChI is InChI=1S/C16H19FN2O5/c1-16(2,3)24-15(21)18-11(5-7-14(18)20)8-10-4-6-12(17)13(9-10)19(22)23/h4,6,9,11H,5,7-8H2,1-3H3. The van der Waals surface area contributed by atoms with Gasteiger partial charge in [-0.05, 0) is 45.2 Å². The molecule has 1 atom stereocenters. The zero-order valence-electron chi connectivity index (χ0n) is 13.7. The first kappa shape index (κ1) is 17.8. The molecule has 7 nitrogen and oxygen atoms in total. The topological polar surface area (TPSA) is 89.8 Å². The molecule has 2 amide bonds. The van der Waals surface area contributed by atoms with Gasteiger partial charge in [0.2, 0.25) is 11.7 Å². The van der Waals surface area contributed by atoms with E-state index < -0.39 is 34.2 Å². The Labute approximate surface area is 138 Å². The van der Waals surface area contributed by atoms with Gasteiger partial charge in [0.05, 0.1) is 4.92 Å². The normalized spacial score (nSPS) is 17.9. The van der Waals surface area contributed by atoms with Crippen molar-refractivity contribution in [3.05, 3.63) is 39.7 Å². The highest BCUT2D eigenvalue weighted by molar-refractivity contribution is 5.94. The summed E-state index contributed by atoms with van der Waals surface area (Å²) >= 11 is 0. The molecule has 0 N–H and O–H groups in total. The molecule has 1 fully saturated rings. The van der Waals surface area contributed by atoms with E-state index in [4.69, 9.17) is 4.74 Å². The molecule has 1 aromatic carbocycles. The second kappa shape index (κ2) is 6.54. The van der Waals surface area contributed by atoms with Crippen LogP contribution in [0.15, 0.2) is 18.2 Å². The fourth-order valence-corrected chi connectivity index (χ4v) is 2.60. The van der Waals surface area contributed by atoms with E-state index in [1.165, 1.54) is 6.07 Å². The fraction of sp³-hybridized carbons (Fsp3) is 0.500. The van der Waals surface area contributed by atoms with Crippen LogP contribution >= 0.6 is 0 Å². The Morgan fingerprint density at radius 2 is 2.12 bits per heavy atom. The number of hydrogen-bond donors (Lipinski definition) is 0. The molecule has 0 saturated carbocycles. The molecule has 1 aromatic rings. The molecule has 0 bridgehead atoms. The van der Waals surface area contributed by atoms with Crippen molar-refractivity contribution in [3.63, 3.8) is 0 Å². The molecule has 1 aliphatic rings. The van der Waals surface area contributed by atoms with Crippen molar-refractivity contribution < 1.29 is 23.6 Å². The van der Waals surface area contributed by atoms with Crippen molar-refractivity contribution in [2.75, 3.05) is 0 Å². The first-order valence-electron chi connectivity index (χ1n) is 7.56. The van der Waals surface area contributed by atoms with Crippen LogP contribution in [0.3, 0.4) is 0 Å². The third-order valence-corrected chi connectivity index (χ3v) is 3.59. The van der Waals surface area contributed by atoms with E-state index in [1.54, 1.807) is 20.8 Å². The smallest absolute Gasteiger partial charge is 0.417 e. The molecule has 130 valence electrons. The average Bonchev–Trinajstić information content (AvgIpc) is 2.79. The zero-order valence-corrected chi connectivity index (χ0v) is 13.7. The Morgan fingerprint density at radius 3 is 2.71 bits per heavy atom. The van der Waals surface area contributed by atoms with E-state index in [0.717, 1.165) is 17.0 Å². The summed E-state index contributed by atoms with van der Waals surface area (Å²) in [6.07, 6.45) is 0.120. The van der Waals surface area contributed by atoms with Crippen LogP contribution in [0.2, 0.25) is 0 Å². The second-order valence-corrected chi connectivity index (χ2v) is 6.68. The first-order chi connectivity index (χ1) is 11.1. The summed E-state index contributed by atoms with van der Waals surface area (Å²) < 4.78 is 18.6. The Morgan fingerprint density at radius 1 is 1.46 bits per heavy atom. The number of rotatable bonds is 3. The molecule has 0 aromatic heterocycles. The Hall–Kier alpha value is -2.51. The summed E-state index contributed by atoms with van der Waals surface area (Å²) in [6.45, 7) is 5.09. The summed E-state index contributed by atoms with van der Waals surface area (Å²) in [7, 11) is 0. The van der Waals surface area contributed by atoms with Gasteiger partial charge in [0.15, 0.2) is 0 Å². The lowest BCUT2D eigenvalue weighted by atomic mass is 10.0. The predicted molar refractivity (Wildman–Crippen MR) is 82.9 cm³/mol. The summed E-state index contributed by atoms with van der Waals surface area (Å²) in [6, 6.07) is 3.10. The van der Waals surface area contributed by atoms with Crippen molar-refractivity contribution >= 4 is 17.7 Å². The first-order valence-corrected chi connectivity index (χ1v) is 7.56. The molecule has 1 saturated heterocycles. The molecule has 1 heterocycles. The van der Waals surface area contributed by atoms with Gasteiger partial charge in [0.25, 0.3) is 0 Å². The Bertz CT molecular complexity index is 684. The number of carbonyl (C=O) groups excluding carboxylic acids is 2. The molecule has 0 aliphatic carbocycles. The molecule has 24 heavy (non-hydrogen) atoms. The number of nitro benzene ring substituents is 1. The molecular weight excluding hydrogens is 319 g/mol. The number of hydrogen-bond acceptors (Lipinski definition) is 5. The second-order valence-electron chi connectivity index (χ2n) is 6.68. The minimum absolute atomic E-state index is 0.202. The van der Waals surface area contributed by atoms with E-state index in [1.807, 2.05) is 0 Å². The minimum atomic E-state index is -0.921. The van der Waals surface area contributed by atoms with Crippen molar-refractivity contribution in [2.45, 2.75) is 51.7 Å². The molecule has 0 spiro atoms. The maximum atomic E-state index is 13.4. The Balaban J connectivity index is 2.19. The number of imide groups is 1. The average molecular weight is 338 g/mol. The molecule has 1 unspecified atom stereocenters. The monoisotopic (exact) mass is 338 g/mol. The van der Waals surface area contributed by atoms with Crippen molar-refractivity contribution in [2.24, 2.45) is 0 Å². The van der Waals surface area contributed by atoms with Gasteiger partial charge >= 0.3 is 11.8 Å². The van der Waals surface area contributed by atoms with Crippen molar-refractivity contribution in [1.82, 2.24) is 4.90 Å². The summed E-state index contributed by atoms with van der Waals surface area (Å²) in [5.41, 5.74) is -0.879. The number of halogens is 1. The van der Waals surface area contributed by atoms with Crippen LogP contribution in [0.25, 0.3) is 0 Å². The lowest BCUT2D eigenvalue weighted by Gasteiger charge is -2.27. The van der Waals surface area contributed by atoms with Gasteiger partial charge in [-0.3, -0.25) is 14.9 Å². The number of nitro groups is 1. The molecule has 2 rings (SSSR count). The number of carbonyl (C=O) groups is 2. The van der Waals surface area contributed by atoms with Crippen LogP contribution in [0.5, 0.6) is 0 Å². The molecule has 1 aliphatic heterocycles. The predicted octanol–water partition coefficient (Wildman–Crippen LogP) is 3.20. The van der Waals surface area contributed by atoms with Gasteiger partial charge in [-0.15, -0.1) is 0 Å². The van der Waals surface area contributed by atoms with E-state index in [0.29, 0.717) is 12.0 Å². The molecular formula is C16H19FN2O5. The van der Waals surface area contributed by atoms with Crippen LogP contribution in [0, 0.1) is 15.9 Å². The van der Waals surface area contributed by atoms with Crippen LogP contribution in [0.1, 0.15) is 39.2 Å².